The molecule has 1 N–H and O–H groups in total. The van der Waals surface area contributed by atoms with Crippen molar-refractivity contribution in [2.45, 2.75) is 0 Å². The molecule has 0 atom stereocenters. The van der Waals surface area contributed by atoms with Gasteiger partial charge in [-0.25, -0.2) is 0 Å². The van der Waals surface area contributed by atoms with Crippen molar-refractivity contribution in [3.63, 3.8) is 0 Å². The average molecular weight is 411 g/mol. The first kappa shape index (κ1) is 13.8. The summed E-state index contributed by atoms with van der Waals surface area (Å²) < 4.78 is 2.93. The summed E-state index contributed by atoms with van der Waals surface area (Å²) >= 11 is 8.33. The van der Waals surface area contributed by atoms with Crippen LogP contribution in [-0.4, -0.2) is 5.91 Å². The Morgan fingerprint density at radius 1 is 1.05 bits per heavy atom. The summed E-state index contributed by atoms with van der Waals surface area (Å²) in [5.74, 6) is -0.0887. The predicted molar refractivity (Wildman–Crippen MR) is 91.6 cm³/mol. The van der Waals surface area contributed by atoms with Crippen LogP contribution in [0.2, 0.25) is 0 Å². The SMILES string of the molecule is O=C(Nc1ccc(Br)cc1Br)c1cc2ccccc2s1. The molecule has 100 valence electrons. The number of rotatable bonds is 2. The Balaban J connectivity index is 1.89. The van der Waals surface area contributed by atoms with Crippen LogP contribution in [0.5, 0.6) is 0 Å². The van der Waals surface area contributed by atoms with Gasteiger partial charge in [0.05, 0.1) is 10.6 Å². The summed E-state index contributed by atoms with van der Waals surface area (Å²) in [6.45, 7) is 0. The number of anilines is 1. The molecule has 0 aliphatic rings. The molecular weight excluding hydrogens is 402 g/mol. The molecule has 0 aliphatic heterocycles. The van der Waals surface area contributed by atoms with E-state index >= 15 is 0 Å². The van der Waals surface area contributed by atoms with E-state index in [1.165, 1.54) is 11.3 Å². The van der Waals surface area contributed by atoms with Gasteiger partial charge < -0.3 is 5.32 Å². The Morgan fingerprint density at radius 3 is 2.60 bits per heavy atom. The second-order valence-corrected chi connectivity index (χ2v) is 7.08. The molecule has 5 heteroatoms. The molecule has 0 bridgehead atoms. The fraction of sp³-hybridized carbons (Fsp3) is 0. The summed E-state index contributed by atoms with van der Waals surface area (Å²) in [5, 5.41) is 4.01. The van der Waals surface area contributed by atoms with Gasteiger partial charge in [-0.05, 0) is 51.6 Å². The van der Waals surface area contributed by atoms with E-state index in [0.717, 1.165) is 24.7 Å². The lowest BCUT2D eigenvalue weighted by Crippen LogP contribution is -2.10. The molecule has 0 radical (unpaired) electrons. The molecule has 1 amide bonds. The molecule has 1 aromatic heterocycles. The molecule has 0 aliphatic carbocycles. The minimum absolute atomic E-state index is 0.0887. The zero-order chi connectivity index (χ0) is 14.1. The van der Waals surface area contributed by atoms with Gasteiger partial charge in [0.15, 0.2) is 0 Å². The smallest absolute Gasteiger partial charge is 0.265 e. The monoisotopic (exact) mass is 409 g/mol. The topological polar surface area (TPSA) is 29.1 Å². The maximum absolute atomic E-state index is 12.3. The summed E-state index contributed by atoms with van der Waals surface area (Å²) in [7, 11) is 0. The average Bonchev–Trinajstić information content (AvgIpc) is 2.86. The quantitative estimate of drug-likeness (QED) is 0.578. The van der Waals surface area contributed by atoms with Crippen LogP contribution in [-0.2, 0) is 0 Å². The Morgan fingerprint density at radius 2 is 1.85 bits per heavy atom. The maximum atomic E-state index is 12.3. The number of amides is 1. The van der Waals surface area contributed by atoms with Crippen molar-refractivity contribution in [1.82, 2.24) is 0 Å². The van der Waals surface area contributed by atoms with Crippen LogP contribution in [0.25, 0.3) is 10.1 Å². The van der Waals surface area contributed by atoms with Gasteiger partial charge in [-0.3, -0.25) is 4.79 Å². The van der Waals surface area contributed by atoms with Crippen molar-refractivity contribution in [1.29, 1.82) is 0 Å². The van der Waals surface area contributed by atoms with Gasteiger partial charge in [-0.15, -0.1) is 11.3 Å². The van der Waals surface area contributed by atoms with Crippen molar-refractivity contribution in [3.8, 4) is 0 Å². The third kappa shape index (κ3) is 2.80. The molecular formula is C15H9Br2NOS. The number of hydrogen-bond acceptors (Lipinski definition) is 2. The second kappa shape index (κ2) is 5.68. The van der Waals surface area contributed by atoms with E-state index in [4.69, 9.17) is 0 Å². The van der Waals surface area contributed by atoms with Crippen LogP contribution in [0.1, 0.15) is 9.67 Å². The lowest BCUT2D eigenvalue weighted by molar-refractivity contribution is 0.103. The Hall–Kier alpha value is -1.17. The van der Waals surface area contributed by atoms with E-state index in [1.54, 1.807) is 0 Å². The number of nitrogens with one attached hydrogen (secondary N) is 1. The third-order valence-electron chi connectivity index (χ3n) is 2.83. The van der Waals surface area contributed by atoms with Gasteiger partial charge in [0, 0.05) is 13.6 Å². The lowest BCUT2D eigenvalue weighted by Gasteiger charge is -2.06. The number of thiophene rings is 1. The highest BCUT2D eigenvalue weighted by molar-refractivity contribution is 9.11. The van der Waals surface area contributed by atoms with Gasteiger partial charge in [-0.1, -0.05) is 34.1 Å². The van der Waals surface area contributed by atoms with Crippen LogP contribution in [0.3, 0.4) is 0 Å². The fourth-order valence-corrected chi connectivity index (χ4v) is 3.97. The number of halogens is 2. The van der Waals surface area contributed by atoms with Crippen molar-refractivity contribution in [2.24, 2.45) is 0 Å². The molecule has 2 aromatic carbocycles. The number of carbonyl (C=O) groups is 1. The summed E-state index contributed by atoms with van der Waals surface area (Å²) in [6, 6.07) is 15.6. The van der Waals surface area contributed by atoms with Crippen molar-refractivity contribution in [2.75, 3.05) is 5.32 Å². The van der Waals surface area contributed by atoms with Crippen molar-refractivity contribution < 1.29 is 4.79 Å². The Kier molecular flexibility index (Phi) is 3.92. The molecule has 3 aromatic rings. The van der Waals surface area contributed by atoms with Gasteiger partial charge in [-0.2, -0.15) is 0 Å². The third-order valence-corrected chi connectivity index (χ3v) is 5.09. The summed E-state index contributed by atoms with van der Waals surface area (Å²) in [4.78, 5) is 13.0. The molecule has 1 heterocycles. The van der Waals surface area contributed by atoms with Crippen LogP contribution in [0.15, 0.2) is 57.5 Å². The highest BCUT2D eigenvalue weighted by Crippen LogP contribution is 2.29. The van der Waals surface area contributed by atoms with Crippen LogP contribution in [0.4, 0.5) is 5.69 Å². The first-order valence-corrected chi connectivity index (χ1v) is 8.29. The van der Waals surface area contributed by atoms with Gasteiger partial charge >= 0.3 is 0 Å². The van der Waals surface area contributed by atoms with E-state index < -0.39 is 0 Å². The number of carbonyl (C=O) groups excluding carboxylic acids is 1. The lowest BCUT2D eigenvalue weighted by atomic mass is 10.2. The van der Waals surface area contributed by atoms with Crippen LogP contribution >= 0.6 is 43.2 Å². The minimum Gasteiger partial charge on any atom is -0.320 e. The number of benzene rings is 2. The van der Waals surface area contributed by atoms with E-state index in [0.29, 0.717) is 4.88 Å². The summed E-state index contributed by atoms with van der Waals surface area (Å²) in [6.07, 6.45) is 0. The standard InChI is InChI=1S/C15H9Br2NOS/c16-10-5-6-12(11(17)8-10)18-15(19)14-7-9-3-1-2-4-13(9)20-14/h1-8H,(H,18,19). The maximum Gasteiger partial charge on any atom is 0.265 e. The van der Waals surface area contributed by atoms with Gasteiger partial charge in [0.2, 0.25) is 0 Å². The van der Waals surface area contributed by atoms with E-state index in [-0.39, 0.29) is 5.91 Å². The predicted octanol–water partition coefficient (Wildman–Crippen LogP) is 5.68. The Labute approximate surface area is 137 Å². The highest BCUT2D eigenvalue weighted by Gasteiger charge is 2.11. The normalized spacial score (nSPS) is 10.7. The molecule has 0 saturated carbocycles. The largest absolute Gasteiger partial charge is 0.320 e. The molecule has 0 fully saturated rings. The first-order chi connectivity index (χ1) is 9.63. The van der Waals surface area contributed by atoms with Crippen LogP contribution < -0.4 is 5.32 Å². The molecule has 2 nitrogen and oxygen atoms in total. The van der Waals surface area contributed by atoms with Gasteiger partial charge in [0.1, 0.15) is 0 Å². The molecule has 20 heavy (non-hydrogen) atoms. The second-order valence-electron chi connectivity index (χ2n) is 4.23. The van der Waals surface area contributed by atoms with E-state index in [9.17, 15) is 4.79 Å². The van der Waals surface area contributed by atoms with Gasteiger partial charge in [0.25, 0.3) is 5.91 Å². The van der Waals surface area contributed by atoms with Crippen LogP contribution in [0, 0.1) is 0 Å². The minimum atomic E-state index is -0.0887. The van der Waals surface area contributed by atoms with Crippen molar-refractivity contribution in [3.05, 3.63) is 62.4 Å². The highest BCUT2D eigenvalue weighted by atomic mass is 79.9. The molecule has 0 saturated heterocycles. The summed E-state index contributed by atoms with van der Waals surface area (Å²) in [5.41, 5.74) is 0.760. The van der Waals surface area contributed by atoms with Crippen molar-refractivity contribution >= 4 is 64.9 Å². The Bertz CT molecular complexity index is 764. The number of hydrogen-bond donors (Lipinski definition) is 1. The molecule has 0 unspecified atom stereocenters. The number of fused-ring (bicyclic) bond motifs is 1. The van der Waals surface area contributed by atoms with E-state index in [2.05, 4.69) is 37.2 Å². The molecule has 0 spiro atoms. The zero-order valence-electron chi connectivity index (χ0n) is 10.2. The molecule has 3 rings (SSSR count). The first-order valence-electron chi connectivity index (χ1n) is 5.88. The fourth-order valence-electron chi connectivity index (χ4n) is 1.87. The zero-order valence-corrected chi connectivity index (χ0v) is 14.2. The van der Waals surface area contributed by atoms with E-state index in [1.807, 2.05) is 48.5 Å².